The van der Waals surface area contributed by atoms with Crippen LogP contribution in [0.2, 0.25) is 0 Å². The summed E-state index contributed by atoms with van der Waals surface area (Å²) in [5.41, 5.74) is 0. The summed E-state index contributed by atoms with van der Waals surface area (Å²) in [5, 5.41) is 23.4. The number of unbranched alkanes of at least 4 members (excludes halogenated alkanes) is 50. The second-order valence-corrected chi connectivity index (χ2v) is 24.6. The van der Waals surface area contributed by atoms with E-state index >= 15 is 0 Å². The molecule has 6 heteroatoms. The number of hydrogen-bond donors (Lipinski definition) is 3. The molecule has 0 aliphatic carbocycles. The Morgan fingerprint density at radius 1 is 0.354 bits per heavy atom. The number of aliphatic hydroxyl groups excluding tert-OH is 2. The molecular weight excluding hydrogens is 971 g/mol. The largest absolute Gasteiger partial charge is 0.466 e. The molecule has 0 saturated carbocycles. The van der Waals surface area contributed by atoms with E-state index in [2.05, 4.69) is 55.6 Å². The molecule has 0 radical (unpaired) electrons. The average molecular weight is 1110 g/mol. The first kappa shape index (κ1) is 77.1. The predicted octanol–water partition coefficient (Wildman–Crippen LogP) is 23.1. The van der Waals surface area contributed by atoms with E-state index in [4.69, 9.17) is 4.74 Å². The molecule has 0 aromatic heterocycles. The van der Waals surface area contributed by atoms with E-state index in [0.717, 1.165) is 51.4 Å². The Balaban J connectivity index is 3.40. The molecule has 0 bridgehead atoms. The van der Waals surface area contributed by atoms with Gasteiger partial charge in [-0.3, -0.25) is 9.59 Å². The van der Waals surface area contributed by atoms with Crippen LogP contribution in [0.1, 0.15) is 393 Å². The fourth-order valence-electron chi connectivity index (χ4n) is 11.2. The molecule has 1 amide bonds. The minimum Gasteiger partial charge on any atom is -0.466 e. The van der Waals surface area contributed by atoms with Crippen LogP contribution in [0.25, 0.3) is 0 Å². The third-order valence-electron chi connectivity index (χ3n) is 16.7. The highest BCUT2D eigenvalue weighted by atomic mass is 16.5. The van der Waals surface area contributed by atoms with Gasteiger partial charge in [-0.25, -0.2) is 0 Å². The fourth-order valence-corrected chi connectivity index (χ4v) is 11.2. The topological polar surface area (TPSA) is 95.9 Å². The number of allylic oxidation sites excluding steroid dienone is 6. The van der Waals surface area contributed by atoms with Crippen molar-refractivity contribution in [1.29, 1.82) is 0 Å². The second-order valence-electron chi connectivity index (χ2n) is 24.6. The summed E-state index contributed by atoms with van der Waals surface area (Å²) in [7, 11) is 0. The zero-order valence-electron chi connectivity index (χ0n) is 53.4. The molecule has 466 valence electrons. The molecule has 0 aromatic rings. The van der Waals surface area contributed by atoms with Gasteiger partial charge in [-0.1, -0.05) is 333 Å². The maximum Gasteiger partial charge on any atom is 0.305 e. The van der Waals surface area contributed by atoms with E-state index in [1.165, 1.54) is 308 Å². The first-order valence-electron chi connectivity index (χ1n) is 35.7. The van der Waals surface area contributed by atoms with Crippen LogP contribution < -0.4 is 5.32 Å². The molecule has 0 aromatic carbocycles. The van der Waals surface area contributed by atoms with E-state index in [-0.39, 0.29) is 18.5 Å². The maximum absolute atomic E-state index is 12.5. The van der Waals surface area contributed by atoms with Crippen molar-refractivity contribution >= 4 is 11.9 Å². The van der Waals surface area contributed by atoms with Gasteiger partial charge in [0.1, 0.15) is 0 Å². The Morgan fingerprint density at radius 3 is 1.00 bits per heavy atom. The average Bonchev–Trinajstić information content (AvgIpc) is 3.45. The SMILES string of the molecule is CCCCC/C=C\C/C=C\CCCCCCCCCC(=O)OCCCCCCCCCCCCCC/C=C\CCCCCCCCCCCC(=O)NC(CO)C(O)CCCCCCCCCCCCCCCCCCCCCC. The van der Waals surface area contributed by atoms with Crippen molar-refractivity contribution in [2.45, 2.75) is 405 Å². The molecule has 2 atom stereocenters. The number of rotatable bonds is 67. The van der Waals surface area contributed by atoms with E-state index in [1.807, 2.05) is 0 Å². The molecule has 0 heterocycles. The van der Waals surface area contributed by atoms with Crippen LogP contribution in [0, 0.1) is 0 Å². The number of amides is 1. The number of carbonyl (C=O) groups excluding carboxylic acids is 2. The van der Waals surface area contributed by atoms with Gasteiger partial charge in [-0.15, -0.1) is 0 Å². The smallest absolute Gasteiger partial charge is 0.305 e. The lowest BCUT2D eigenvalue weighted by molar-refractivity contribution is -0.143. The van der Waals surface area contributed by atoms with Gasteiger partial charge >= 0.3 is 5.97 Å². The predicted molar refractivity (Wildman–Crippen MR) is 347 cm³/mol. The minimum atomic E-state index is -0.668. The highest BCUT2D eigenvalue weighted by Crippen LogP contribution is 2.19. The lowest BCUT2D eigenvalue weighted by Gasteiger charge is -2.22. The molecule has 79 heavy (non-hydrogen) atoms. The Labute approximate surface area is 494 Å². The molecular formula is C73H139NO5. The Morgan fingerprint density at radius 2 is 0.633 bits per heavy atom. The lowest BCUT2D eigenvalue weighted by Crippen LogP contribution is -2.45. The number of ether oxygens (including phenoxy) is 1. The summed E-state index contributed by atoms with van der Waals surface area (Å²) < 4.78 is 5.50. The van der Waals surface area contributed by atoms with Crippen molar-refractivity contribution in [3.63, 3.8) is 0 Å². The van der Waals surface area contributed by atoms with Gasteiger partial charge in [0.2, 0.25) is 5.91 Å². The summed E-state index contributed by atoms with van der Waals surface area (Å²) in [6, 6.07) is -0.545. The zero-order valence-corrected chi connectivity index (χ0v) is 53.4. The molecule has 0 fully saturated rings. The van der Waals surface area contributed by atoms with Crippen molar-refractivity contribution in [2.24, 2.45) is 0 Å². The summed E-state index contributed by atoms with van der Waals surface area (Å²) in [6.07, 6.45) is 87.6. The number of nitrogens with one attached hydrogen (secondary N) is 1. The third kappa shape index (κ3) is 65.1. The Kier molecular flexibility index (Phi) is 66.9. The van der Waals surface area contributed by atoms with Crippen molar-refractivity contribution in [3.8, 4) is 0 Å². The number of aliphatic hydroxyl groups is 2. The van der Waals surface area contributed by atoms with Crippen LogP contribution in [0.15, 0.2) is 36.5 Å². The van der Waals surface area contributed by atoms with Gasteiger partial charge in [-0.2, -0.15) is 0 Å². The van der Waals surface area contributed by atoms with Crippen molar-refractivity contribution < 1.29 is 24.5 Å². The van der Waals surface area contributed by atoms with Crippen LogP contribution in [-0.4, -0.2) is 47.4 Å². The first-order valence-corrected chi connectivity index (χ1v) is 35.7. The summed E-state index contributed by atoms with van der Waals surface area (Å²) in [5.74, 6) is -0.0281. The molecule has 6 nitrogen and oxygen atoms in total. The van der Waals surface area contributed by atoms with E-state index in [1.54, 1.807) is 0 Å². The molecule has 0 spiro atoms. The van der Waals surface area contributed by atoms with E-state index < -0.39 is 12.1 Å². The zero-order chi connectivity index (χ0) is 57.1. The third-order valence-corrected chi connectivity index (χ3v) is 16.7. The highest BCUT2D eigenvalue weighted by Gasteiger charge is 2.20. The molecule has 2 unspecified atom stereocenters. The maximum atomic E-state index is 12.5. The van der Waals surface area contributed by atoms with Crippen LogP contribution in [0.5, 0.6) is 0 Å². The lowest BCUT2D eigenvalue weighted by atomic mass is 10.0. The van der Waals surface area contributed by atoms with Gasteiger partial charge in [0, 0.05) is 12.8 Å². The standard InChI is InChI=1S/C73H139NO5/c1-3-5-7-9-11-13-15-17-19-21-22-30-34-37-41-45-49-53-57-61-65-71(76)70(69-75)74-72(77)66-62-58-54-50-46-42-38-35-31-28-26-24-23-25-27-29-32-36-40-44-48-52-56-60-64-68-79-73(78)67-63-59-55-51-47-43-39-33-20-18-16-14-12-10-8-6-4-2/h12,14,18,20,24,26,70-71,75-76H,3-11,13,15-17,19,21-23,25,27-69H2,1-2H3,(H,74,77)/b14-12-,20-18-,26-24-. The minimum absolute atomic E-state index is 0.00631. The van der Waals surface area contributed by atoms with Gasteiger partial charge < -0.3 is 20.3 Å². The summed E-state index contributed by atoms with van der Waals surface area (Å²) >= 11 is 0. The number of hydrogen-bond acceptors (Lipinski definition) is 5. The molecule has 0 saturated heterocycles. The summed E-state index contributed by atoms with van der Waals surface area (Å²) in [6.45, 7) is 4.96. The fraction of sp³-hybridized carbons (Fsp3) is 0.890. The van der Waals surface area contributed by atoms with Crippen molar-refractivity contribution in [3.05, 3.63) is 36.5 Å². The van der Waals surface area contributed by atoms with Crippen molar-refractivity contribution in [2.75, 3.05) is 13.2 Å². The summed E-state index contributed by atoms with van der Waals surface area (Å²) in [4.78, 5) is 24.6. The van der Waals surface area contributed by atoms with Gasteiger partial charge in [0.05, 0.1) is 25.4 Å². The van der Waals surface area contributed by atoms with Gasteiger partial charge in [0.15, 0.2) is 0 Å². The quantitative estimate of drug-likeness (QED) is 0.0320. The van der Waals surface area contributed by atoms with Gasteiger partial charge in [0.25, 0.3) is 0 Å². The van der Waals surface area contributed by atoms with Crippen LogP contribution in [0.3, 0.4) is 0 Å². The Bertz CT molecular complexity index is 1280. The van der Waals surface area contributed by atoms with E-state index in [0.29, 0.717) is 25.9 Å². The molecule has 3 N–H and O–H groups in total. The van der Waals surface area contributed by atoms with Crippen molar-refractivity contribution in [1.82, 2.24) is 5.32 Å². The second kappa shape index (κ2) is 68.6. The van der Waals surface area contributed by atoms with Crippen LogP contribution in [0.4, 0.5) is 0 Å². The number of carbonyl (C=O) groups is 2. The van der Waals surface area contributed by atoms with Crippen LogP contribution in [-0.2, 0) is 14.3 Å². The first-order chi connectivity index (χ1) is 39.0. The highest BCUT2D eigenvalue weighted by molar-refractivity contribution is 5.76. The molecule has 0 rings (SSSR count). The van der Waals surface area contributed by atoms with Crippen LogP contribution >= 0.6 is 0 Å². The molecule has 0 aliphatic rings. The normalized spacial score (nSPS) is 12.7. The Hall–Kier alpha value is -1.92. The van der Waals surface area contributed by atoms with Gasteiger partial charge in [-0.05, 0) is 83.5 Å². The monoisotopic (exact) mass is 1110 g/mol. The number of esters is 1. The molecule has 0 aliphatic heterocycles. The van der Waals surface area contributed by atoms with E-state index in [9.17, 15) is 19.8 Å².